The maximum atomic E-state index is 12.8. The third-order valence-corrected chi connectivity index (χ3v) is 4.68. The highest BCUT2D eigenvalue weighted by atomic mass is 79.9. The minimum atomic E-state index is -4.76. The number of hydrogen-bond acceptors (Lipinski definition) is 8. The zero-order valence-electron chi connectivity index (χ0n) is 25.8. The summed E-state index contributed by atoms with van der Waals surface area (Å²) in [6.45, 7) is -2.87. The van der Waals surface area contributed by atoms with Crippen LogP contribution in [0.2, 0.25) is 0 Å². The highest BCUT2D eigenvalue weighted by Crippen LogP contribution is 2.34. The van der Waals surface area contributed by atoms with Crippen molar-refractivity contribution in [2.75, 3.05) is 24.4 Å². The van der Waals surface area contributed by atoms with Crippen molar-refractivity contribution in [3.05, 3.63) is 52.9 Å². The van der Waals surface area contributed by atoms with Crippen LogP contribution in [0, 0.1) is 6.92 Å². The Morgan fingerprint density at radius 3 is 2.53 bits per heavy atom. The van der Waals surface area contributed by atoms with Crippen LogP contribution in [0.4, 0.5) is 5.82 Å². The molecule has 0 spiro atoms. The van der Waals surface area contributed by atoms with Gasteiger partial charge in [-0.1, -0.05) is 34.9 Å². The van der Waals surface area contributed by atoms with Gasteiger partial charge in [0.1, 0.15) is 20.8 Å². The van der Waals surface area contributed by atoms with Crippen LogP contribution in [0.3, 0.4) is 0 Å². The maximum absolute atomic E-state index is 12.8. The minimum absolute atomic E-state index is 0.195. The van der Waals surface area contributed by atoms with Crippen molar-refractivity contribution in [3.8, 4) is 23.0 Å². The smallest absolute Gasteiger partial charge is 0.316 e. The first-order valence-corrected chi connectivity index (χ1v) is 11.2. The second-order valence-electron chi connectivity index (χ2n) is 5.86. The fraction of sp³-hybridized carbons (Fsp3) is 0.300. The van der Waals surface area contributed by atoms with Crippen LogP contribution in [0.15, 0.2) is 47.3 Å². The van der Waals surface area contributed by atoms with Crippen LogP contribution >= 0.6 is 15.9 Å². The van der Waals surface area contributed by atoms with Crippen molar-refractivity contribution >= 4 is 32.0 Å². The van der Waals surface area contributed by atoms with Gasteiger partial charge in [0.2, 0.25) is 5.88 Å². The Morgan fingerprint density at radius 2 is 1.84 bits per heavy atom. The lowest BCUT2D eigenvalue weighted by atomic mass is 10.1. The van der Waals surface area contributed by atoms with E-state index in [0.29, 0.717) is 5.56 Å². The molecule has 3 rings (SSSR count). The molecule has 0 saturated heterocycles. The Kier molecular flexibility index (Phi) is 5.00. The maximum Gasteiger partial charge on any atom is 0.316 e. The first-order valence-electron chi connectivity index (χ1n) is 13.4. The molecule has 32 heavy (non-hydrogen) atoms. The Morgan fingerprint density at radius 1 is 1.12 bits per heavy atom. The summed E-state index contributed by atoms with van der Waals surface area (Å²) in [6.07, 6.45) is 1.68. The van der Waals surface area contributed by atoms with Crippen LogP contribution in [-0.2, 0) is 10.2 Å². The van der Waals surface area contributed by atoms with E-state index >= 15 is 0 Å². The monoisotopic (exact) mass is 531 g/mol. The lowest BCUT2D eigenvalue weighted by molar-refractivity contribution is 0.202. The SMILES string of the molecule is [2H]c1nc(NS(=O)(=O)NC([2H])([2H])CC)c(-c2c([2H])c([2H])c(Br)c([2H])c2[2H])c(OCC([2H])([2H])Oc2ncc(C)cn2)n1. The van der Waals surface area contributed by atoms with E-state index in [9.17, 15) is 8.42 Å². The molecule has 0 saturated carbocycles. The molecule has 10 nitrogen and oxygen atoms in total. The molecule has 0 amide bonds. The summed E-state index contributed by atoms with van der Waals surface area (Å²) in [4.78, 5) is 15.2. The average Bonchev–Trinajstić information content (AvgIpc) is 2.86. The molecule has 12 heteroatoms. The fourth-order valence-electron chi connectivity index (χ4n) is 2.10. The van der Waals surface area contributed by atoms with Gasteiger partial charge in [-0.3, -0.25) is 4.72 Å². The molecule has 0 atom stereocenters. The molecule has 0 radical (unpaired) electrons. The van der Waals surface area contributed by atoms with E-state index in [0.717, 1.165) is 0 Å². The van der Waals surface area contributed by atoms with Crippen molar-refractivity contribution in [2.45, 2.75) is 20.3 Å². The molecule has 0 aliphatic rings. The first-order chi connectivity index (χ1) is 18.9. The molecule has 170 valence electrons. The molecule has 2 N–H and O–H groups in total. The van der Waals surface area contributed by atoms with Crippen LogP contribution in [0.25, 0.3) is 11.1 Å². The van der Waals surface area contributed by atoms with Crippen molar-refractivity contribution in [1.29, 1.82) is 0 Å². The van der Waals surface area contributed by atoms with Gasteiger partial charge in [0.25, 0.3) is 10.2 Å². The predicted molar refractivity (Wildman–Crippen MR) is 124 cm³/mol. The summed E-state index contributed by atoms with van der Waals surface area (Å²) in [5.74, 6) is -1.45. The number of benzene rings is 1. The Labute approximate surface area is 207 Å². The number of aromatic nitrogens is 4. The van der Waals surface area contributed by atoms with Gasteiger partial charge >= 0.3 is 6.01 Å². The lowest BCUT2D eigenvalue weighted by Gasteiger charge is -2.15. The quantitative estimate of drug-likeness (QED) is 0.386. The molecular formula is C20H23BrN6O4S. The number of halogens is 1. The van der Waals surface area contributed by atoms with Crippen molar-refractivity contribution in [2.24, 2.45) is 0 Å². The van der Waals surface area contributed by atoms with Crippen molar-refractivity contribution in [1.82, 2.24) is 24.7 Å². The van der Waals surface area contributed by atoms with Gasteiger partial charge < -0.3 is 9.47 Å². The van der Waals surface area contributed by atoms with Crippen LogP contribution < -0.4 is 18.9 Å². The molecule has 3 aromatic rings. The molecular weight excluding hydrogens is 500 g/mol. The predicted octanol–water partition coefficient (Wildman–Crippen LogP) is 3.12. The lowest BCUT2D eigenvalue weighted by Crippen LogP contribution is -2.31. The van der Waals surface area contributed by atoms with E-state index in [4.69, 9.17) is 21.8 Å². The Hall–Kier alpha value is -2.83. The van der Waals surface area contributed by atoms with Crippen molar-refractivity contribution < 1.29 is 30.2 Å². The number of ether oxygens (including phenoxy) is 2. The van der Waals surface area contributed by atoms with Gasteiger partial charge in [-0.15, -0.1) is 0 Å². The molecule has 2 aromatic heterocycles. The van der Waals surface area contributed by atoms with Gasteiger partial charge in [-0.25, -0.2) is 19.9 Å². The third-order valence-electron chi connectivity index (χ3n) is 3.41. The third kappa shape index (κ3) is 6.84. The molecule has 1 aromatic carbocycles. The Balaban J connectivity index is 2.16. The fourth-order valence-corrected chi connectivity index (χ4v) is 3.09. The summed E-state index contributed by atoms with van der Waals surface area (Å²) < 4.78 is 113. The van der Waals surface area contributed by atoms with Gasteiger partial charge in [0, 0.05) is 26.1 Å². The van der Waals surface area contributed by atoms with E-state index in [1.165, 1.54) is 19.3 Å². The number of nitrogens with one attached hydrogen (secondary N) is 2. The zero-order valence-corrected chi connectivity index (χ0v) is 19.2. The number of anilines is 1. The van der Waals surface area contributed by atoms with Gasteiger partial charge in [0.05, 0.1) is 13.8 Å². The van der Waals surface area contributed by atoms with Crippen LogP contribution in [-0.4, -0.2) is 48.0 Å². The standard InChI is InChI=1S/C20H23BrN6O4S/c1-3-8-26-32(28,29)27-18-17(15-4-6-16(21)7-5-15)19(25-13-24-18)30-9-10-31-20-22-11-14(2)12-23-20/h4-7,11-13,26H,3,8-10H2,1-2H3,(H,24,25,27)/i4D,5D,6D,7D,8D2,10D2,13D. The van der Waals surface area contributed by atoms with Gasteiger partial charge in [-0.05, 0) is 36.6 Å². The van der Waals surface area contributed by atoms with E-state index in [1.807, 2.05) is 4.72 Å². The number of rotatable bonds is 11. The molecule has 2 heterocycles. The summed E-state index contributed by atoms with van der Waals surface area (Å²) in [5.41, 5.74) is -0.429. The van der Waals surface area contributed by atoms with E-state index in [1.54, 1.807) is 11.6 Å². The summed E-state index contributed by atoms with van der Waals surface area (Å²) in [7, 11) is -4.76. The second-order valence-corrected chi connectivity index (χ2v) is 8.07. The highest BCUT2D eigenvalue weighted by Gasteiger charge is 2.19. The molecule has 0 unspecified atom stereocenters. The van der Waals surface area contributed by atoms with E-state index < -0.39 is 83.2 Å². The largest absolute Gasteiger partial charge is 0.473 e. The number of nitrogens with zero attached hydrogens (tertiary/aromatic N) is 4. The highest BCUT2D eigenvalue weighted by molar-refractivity contribution is 9.10. The second kappa shape index (κ2) is 11.2. The molecule has 0 aliphatic carbocycles. The normalized spacial score (nSPS) is 16.2. The Bertz CT molecular complexity index is 1540. The van der Waals surface area contributed by atoms with Gasteiger partial charge in [0.15, 0.2) is 5.82 Å². The summed E-state index contributed by atoms with van der Waals surface area (Å²) >= 11 is 2.97. The summed E-state index contributed by atoms with van der Waals surface area (Å²) in [5, 5.41) is 0. The summed E-state index contributed by atoms with van der Waals surface area (Å²) in [6, 6.07) is -2.77. The van der Waals surface area contributed by atoms with Crippen LogP contribution in [0.1, 0.15) is 31.2 Å². The van der Waals surface area contributed by atoms with E-state index in [-0.39, 0.29) is 16.9 Å². The van der Waals surface area contributed by atoms with E-state index in [2.05, 4.69) is 35.9 Å². The zero-order chi connectivity index (χ0) is 30.9. The van der Waals surface area contributed by atoms with Crippen LogP contribution in [0.5, 0.6) is 11.9 Å². The number of aryl methyl sites for hydroxylation is 1. The minimum Gasteiger partial charge on any atom is -0.473 e. The number of hydrogen-bond donors (Lipinski definition) is 2. The van der Waals surface area contributed by atoms with Gasteiger partial charge in [-0.2, -0.15) is 13.1 Å². The van der Waals surface area contributed by atoms with Crippen molar-refractivity contribution in [3.63, 3.8) is 0 Å². The first kappa shape index (κ1) is 14.3. The topological polar surface area (TPSA) is 128 Å². The average molecular weight is 532 g/mol. The molecule has 0 fully saturated rings. The molecule has 0 bridgehead atoms. The molecule has 0 aliphatic heterocycles.